The third kappa shape index (κ3) is 5.67. The largest absolute Gasteiger partial charge is 0.322 e. The highest BCUT2D eigenvalue weighted by atomic mass is 32.1. The van der Waals surface area contributed by atoms with Crippen LogP contribution >= 0.6 is 11.3 Å². The van der Waals surface area contributed by atoms with Gasteiger partial charge in [-0.2, -0.15) is 0 Å². The number of nitrogens with one attached hydrogen (secondary N) is 2. The molecular formula is C27H37N3O2S. The van der Waals surface area contributed by atoms with E-state index in [0.717, 1.165) is 73.3 Å². The number of fused-ring (bicyclic) bond motifs is 1. The zero-order valence-electron chi connectivity index (χ0n) is 20.0. The van der Waals surface area contributed by atoms with Gasteiger partial charge in [-0.05, 0) is 75.1 Å². The van der Waals surface area contributed by atoms with Crippen LogP contribution in [0.15, 0.2) is 24.3 Å². The van der Waals surface area contributed by atoms with Crippen LogP contribution in [0.5, 0.6) is 0 Å². The van der Waals surface area contributed by atoms with E-state index in [1.807, 2.05) is 18.2 Å². The highest BCUT2D eigenvalue weighted by molar-refractivity contribution is 7.17. The molecule has 2 N–H and O–H groups in total. The molecule has 5 nitrogen and oxygen atoms in total. The summed E-state index contributed by atoms with van der Waals surface area (Å²) in [5.74, 6) is -0.107. The molecule has 4 rings (SSSR count). The molecule has 2 aliphatic rings. The molecule has 0 unspecified atom stereocenters. The first-order valence-electron chi connectivity index (χ1n) is 12.7. The zero-order valence-corrected chi connectivity index (χ0v) is 20.9. The average molecular weight is 468 g/mol. The molecule has 0 radical (unpaired) electrons. The summed E-state index contributed by atoms with van der Waals surface area (Å²) in [6.45, 7) is 5.68. The van der Waals surface area contributed by atoms with E-state index in [1.54, 1.807) is 11.3 Å². The van der Waals surface area contributed by atoms with Gasteiger partial charge in [-0.1, -0.05) is 44.9 Å². The van der Waals surface area contributed by atoms with Crippen molar-refractivity contribution in [1.82, 2.24) is 4.90 Å². The highest BCUT2D eigenvalue weighted by Gasteiger charge is 2.28. The summed E-state index contributed by atoms with van der Waals surface area (Å²) in [5, 5.41) is 7.03. The van der Waals surface area contributed by atoms with E-state index >= 15 is 0 Å². The van der Waals surface area contributed by atoms with Crippen LogP contribution in [-0.4, -0.2) is 35.8 Å². The van der Waals surface area contributed by atoms with Crippen molar-refractivity contribution in [3.63, 3.8) is 0 Å². The Labute approximate surface area is 202 Å². The van der Waals surface area contributed by atoms with Gasteiger partial charge in [0.25, 0.3) is 5.91 Å². The Balaban J connectivity index is 1.57. The van der Waals surface area contributed by atoms with E-state index in [9.17, 15) is 9.59 Å². The van der Waals surface area contributed by atoms with Crippen molar-refractivity contribution >= 4 is 33.8 Å². The normalized spacial score (nSPS) is 18.9. The molecular weight excluding hydrogens is 430 g/mol. The van der Waals surface area contributed by atoms with Crippen molar-refractivity contribution in [2.24, 2.45) is 0 Å². The SMILES string of the molecule is CCc1ccccc1NC(=O)c1c(NC(=O)CN2CCCC[C@@H]2CC)sc2c1CCCCC2. The van der Waals surface area contributed by atoms with Crippen molar-refractivity contribution in [1.29, 1.82) is 0 Å². The summed E-state index contributed by atoms with van der Waals surface area (Å²) in [5.41, 5.74) is 3.80. The quantitative estimate of drug-likeness (QED) is 0.488. The number of aryl methyl sites for hydroxylation is 2. The van der Waals surface area contributed by atoms with Crippen molar-refractivity contribution in [3.8, 4) is 0 Å². The Kier molecular flexibility index (Phi) is 8.20. The number of carbonyl (C=O) groups excluding carboxylic acids is 2. The Morgan fingerprint density at radius 2 is 1.85 bits per heavy atom. The summed E-state index contributed by atoms with van der Waals surface area (Å²) >= 11 is 1.61. The first kappa shape index (κ1) is 24.0. The maximum absolute atomic E-state index is 13.6. The van der Waals surface area contributed by atoms with Crippen LogP contribution in [0.25, 0.3) is 0 Å². The monoisotopic (exact) mass is 467 g/mol. The van der Waals surface area contributed by atoms with E-state index in [4.69, 9.17) is 0 Å². The number of hydrogen-bond donors (Lipinski definition) is 2. The van der Waals surface area contributed by atoms with Gasteiger partial charge in [0.2, 0.25) is 5.91 Å². The van der Waals surface area contributed by atoms with Crippen LogP contribution in [0, 0.1) is 0 Å². The highest BCUT2D eigenvalue weighted by Crippen LogP contribution is 2.38. The molecule has 2 aromatic rings. The molecule has 6 heteroatoms. The lowest BCUT2D eigenvalue weighted by atomic mass is 10.00. The van der Waals surface area contributed by atoms with Gasteiger partial charge in [0.15, 0.2) is 0 Å². The van der Waals surface area contributed by atoms with Crippen molar-refractivity contribution in [2.45, 2.75) is 84.1 Å². The van der Waals surface area contributed by atoms with Gasteiger partial charge >= 0.3 is 0 Å². The van der Waals surface area contributed by atoms with Gasteiger partial charge in [-0.3, -0.25) is 14.5 Å². The molecule has 0 spiro atoms. The minimum atomic E-state index is -0.102. The van der Waals surface area contributed by atoms with Crippen LogP contribution in [0.1, 0.15) is 85.2 Å². The second kappa shape index (κ2) is 11.3. The van der Waals surface area contributed by atoms with E-state index in [-0.39, 0.29) is 11.8 Å². The van der Waals surface area contributed by atoms with Gasteiger partial charge in [-0.25, -0.2) is 0 Å². The minimum absolute atomic E-state index is 0.00484. The number of thiophene rings is 1. The van der Waals surface area contributed by atoms with E-state index < -0.39 is 0 Å². The number of hydrogen-bond acceptors (Lipinski definition) is 4. The minimum Gasteiger partial charge on any atom is -0.322 e. The predicted octanol–water partition coefficient (Wildman–Crippen LogP) is 6.03. The maximum Gasteiger partial charge on any atom is 0.258 e. The number of benzene rings is 1. The Morgan fingerprint density at radius 1 is 1.03 bits per heavy atom. The summed E-state index contributed by atoms with van der Waals surface area (Å²) in [4.78, 5) is 30.2. The summed E-state index contributed by atoms with van der Waals surface area (Å²) in [6, 6.07) is 8.45. The fourth-order valence-corrected chi connectivity index (χ4v) is 6.59. The van der Waals surface area contributed by atoms with Crippen LogP contribution in [0.2, 0.25) is 0 Å². The van der Waals surface area contributed by atoms with Gasteiger partial charge in [-0.15, -0.1) is 11.3 Å². The Hall–Kier alpha value is -2.18. The molecule has 1 saturated heterocycles. The number of anilines is 2. The molecule has 178 valence electrons. The van der Waals surface area contributed by atoms with Crippen molar-refractivity contribution in [2.75, 3.05) is 23.7 Å². The van der Waals surface area contributed by atoms with Crippen molar-refractivity contribution < 1.29 is 9.59 Å². The first-order valence-corrected chi connectivity index (χ1v) is 13.5. The van der Waals surface area contributed by atoms with Gasteiger partial charge < -0.3 is 10.6 Å². The third-order valence-electron chi connectivity index (χ3n) is 7.11. The summed E-state index contributed by atoms with van der Waals surface area (Å²) in [7, 11) is 0. The lowest BCUT2D eigenvalue weighted by Crippen LogP contribution is -2.43. The second-order valence-corrected chi connectivity index (χ2v) is 10.4. The predicted molar refractivity (Wildman–Crippen MR) is 137 cm³/mol. The van der Waals surface area contributed by atoms with Crippen LogP contribution in [0.3, 0.4) is 0 Å². The van der Waals surface area contributed by atoms with Crippen molar-refractivity contribution in [3.05, 3.63) is 45.8 Å². The topological polar surface area (TPSA) is 61.4 Å². The number of likely N-dealkylation sites (tertiary alicyclic amines) is 1. The van der Waals surface area contributed by atoms with Gasteiger partial charge in [0, 0.05) is 16.6 Å². The molecule has 0 saturated carbocycles. The molecule has 1 aliphatic carbocycles. The second-order valence-electron chi connectivity index (χ2n) is 9.31. The first-order chi connectivity index (χ1) is 16.1. The number of piperidine rings is 1. The zero-order chi connectivity index (χ0) is 23.2. The van der Waals surface area contributed by atoms with Gasteiger partial charge in [0.1, 0.15) is 5.00 Å². The number of rotatable bonds is 7. The van der Waals surface area contributed by atoms with E-state index in [2.05, 4.69) is 35.4 Å². The molecule has 1 aromatic heterocycles. The van der Waals surface area contributed by atoms with Crippen LogP contribution in [-0.2, 0) is 24.1 Å². The fourth-order valence-electron chi connectivity index (χ4n) is 5.29. The summed E-state index contributed by atoms with van der Waals surface area (Å²) in [6.07, 6.45) is 10.8. The lowest BCUT2D eigenvalue weighted by molar-refractivity contribution is -0.118. The smallest absolute Gasteiger partial charge is 0.258 e. The molecule has 0 bridgehead atoms. The molecule has 2 heterocycles. The van der Waals surface area contributed by atoms with E-state index in [0.29, 0.717) is 18.2 Å². The van der Waals surface area contributed by atoms with Gasteiger partial charge in [0.05, 0.1) is 12.1 Å². The fraction of sp³-hybridized carbons (Fsp3) is 0.556. The summed E-state index contributed by atoms with van der Waals surface area (Å²) < 4.78 is 0. The Morgan fingerprint density at radius 3 is 2.67 bits per heavy atom. The Bertz CT molecular complexity index is 984. The van der Waals surface area contributed by atoms with Crippen LogP contribution < -0.4 is 10.6 Å². The molecule has 1 aliphatic heterocycles. The van der Waals surface area contributed by atoms with Crippen LogP contribution in [0.4, 0.5) is 10.7 Å². The number of carbonyl (C=O) groups is 2. The molecule has 33 heavy (non-hydrogen) atoms. The number of nitrogens with zero attached hydrogens (tertiary/aromatic N) is 1. The molecule has 2 amide bonds. The maximum atomic E-state index is 13.6. The molecule has 1 fully saturated rings. The third-order valence-corrected chi connectivity index (χ3v) is 8.32. The number of para-hydroxylation sites is 1. The van der Waals surface area contributed by atoms with E-state index in [1.165, 1.54) is 24.1 Å². The molecule has 1 atom stereocenters. The standard InChI is InChI=1S/C27H37N3O2S/c1-3-19-12-8-9-15-22(19)28-26(32)25-21-14-6-5-7-16-23(21)33-27(25)29-24(31)18-30-17-11-10-13-20(30)4-2/h8-9,12,15,20H,3-7,10-11,13-14,16-18H2,1-2H3,(H,28,32)(H,29,31)/t20-/m0/s1. The molecule has 1 aromatic carbocycles. The average Bonchev–Trinajstić information content (AvgIpc) is 2.99. The lowest BCUT2D eigenvalue weighted by Gasteiger charge is -2.34. The number of amides is 2.